The summed E-state index contributed by atoms with van der Waals surface area (Å²) in [6.45, 7) is 12.2. The Kier molecular flexibility index (Phi) is 6.30. The maximum Gasteiger partial charge on any atom is 0.00105 e. The van der Waals surface area contributed by atoms with Crippen molar-refractivity contribution >= 4 is 0 Å². The summed E-state index contributed by atoms with van der Waals surface area (Å²) in [5.74, 6) is 0. The second-order valence-electron chi connectivity index (χ2n) is 6.52. The van der Waals surface area contributed by atoms with E-state index in [2.05, 4.69) is 76.4 Å². The molecule has 0 atom stereocenters. The van der Waals surface area contributed by atoms with Crippen molar-refractivity contribution in [3.63, 3.8) is 0 Å². The molecule has 0 heterocycles. The Bertz CT molecular complexity index is 379. The smallest absolute Gasteiger partial charge is 0.00105 e. The lowest BCUT2D eigenvalue weighted by molar-refractivity contribution is 0.590. The third kappa shape index (κ3) is 6.58. The predicted molar refractivity (Wildman–Crippen MR) is 85.7 cm³/mol. The minimum absolute atomic E-state index is 0.247. The highest BCUT2D eigenvalue weighted by molar-refractivity contribution is 5.28. The fourth-order valence-electron chi connectivity index (χ4n) is 1.93. The van der Waals surface area contributed by atoms with E-state index < -0.39 is 0 Å². The van der Waals surface area contributed by atoms with Gasteiger partial charge in [-0.05, 0) is 35.9 Å². The lowest BCUT2D eigenvalue weighted by atomic mass is 9.86. The first-order chi connectivity index (χ1) is 8.89. The molecule has 0 unspecified atom stereocenters. The minimum atomic E-state index is 0.247. The molecule has 106 valence electrons. The summed E-state index contributed by atoms with van der Waals surface area (Å²) in [6.07, 6.45) is 6.69. The van der Waals surface area contributed by atoms with Crippen LogP contribution in [-0.2, 0) is 11.8 Å². The third-order valence-electron chi connectivity index (χ3n) is 3.20. The summed E-state index contributed by atoms with van der Waals surface area (Å²) in [6, 6.07) is 9.58. The van der Waals surface area contributed by atoms with E-state index in [0.717, 1.165) is 19.4 Å². The van der Waals surface area contributed by atoms with Crippen molar-refractivity contribution in [2.75, 3.05) is 6.54 Å². The molecule has 19 heavy (non-hydrogen) atoms. The molecule has 0 aliphatic carbocycles. The van der Waals surface area contributed by atoms with Crippen molar-refractivity contribution < 1.29 is 0 Å². The predicted octanol–water partition coefficient (Wildman–Crippen LogP) is 4.47. The Labute approximate surface area is 119 Å². The molecule has 0 saturated carbocycles. The fraction of sp³-hybridized carbons (Fsp3) is 0.556. The van der Waals surface area contributed by atoms with Crippen LogP contribution in [0.4, 0.5) is 0 Å². The van der Waals surface area contributed by atoms with Crippen molar-refractivity contribution in [2.45, 2.75) is 58.9 Å². The van der Waals surface area contributed by atoms with Crippen molar-refractivity contribution in [3.05, 3.63) is 47.5 Å². The molecule has 0 fully saturated rings. The first-order valence-corrected chi connectivity index (χ1v) is 7.37. The van der Waals surface area contributed by atoms with Gasteiger partial charge in [0.15, 0.2) is 0 Å². The van der Waals surface area contributed by atoms with Crippen LogP contribution in [0.25, 0.3) is 0 Å². The Morgan fingerprint density at radius 1 is 1.05 bits per heavy atom. The number of allylic oxidation sites excluding steroid dienone is 1. The van der Waals surface area contributed by atoms with Crippen LogP contribution in [0, 0.1) is 0 Å². The van der Waals surface area contributed by atoms with Gasteiger partial charge in [0.1, 0.15) is 0 Å². The van der Waals surface area contributed by atoms with E-state index in [9.17, 15) is 0 Å². The normalized spacial score (nSPS) is 12.5. The summed E-state index contributed by atoms with van der Waals surface area (Å²) in [5.41, 5.74) is 3.04. The van der Waals surface area contributed by atoms with Crippen LogP contribution in [0.1, 0.15) is 52.2 Å². The minimum Gasteiger partial charge on any atom is -0.314 e. The Morgan fingerprint density at radius 2 is 1.68 bits per heavy atom. The van der Waals surface area contributed by atoms with Gasteiger partial charge in [-0.3, -0.25) is 0 Å². The maximum atomic E-state index is 3.42. The summed E-state index contributed by atoms with van der Waals surface area (Å²) >= 11 is 0. The van der Waals surface area contributed by atoms with Crippen molar-refractivity contribution in [3.8, 4) is 0 Å². The largest absolute Gasteiger partial charge is 0.314 e. The molecule has 0 saturated heterocycles. The molecule has 1 rings (SSSR count). The molecule has 0 amide bonds. The molecule has 0 spiro atoms. The van der Waals surface area contributed by atoms with E-state index in [1.807, 2.05) is 0 Å². The van der Waals surface area contributed by atoms with Gasteiger partial charge in [0.25, 0.3) is 0 Å². The average molecular weight is 259 g/mol. The standard InChI is InChI=1S/C18H29N/c1-15(2)19-14-8-6-7-9-16-10-12-17(13-11-16)18(3,4)5/h6-7,10-13,15,19H,8-9,14H2,1-5H3. The van der Waals surface area contributed by atoms with Gasteiger partial charge >= 0.3 is 0 Å². The molecule has 1 aromatic carbocycles. The number of hydrogen-bond donors (Lipinski definition) is 1. The summed E-state index contributed by atoms with van der Waals surface area (Å²) in [4.78, 5) is 0. The fourth-order valence-corrected chi connectivity index (χ4v) is 1.93. The van der Waals surface area contributed by atoms with Crippen LogP contribution >= 0.6 is 0 Å². The monoisotopic (exact) mass is 259 g/mol. The van der Waals surface area contributed by atoms with Crippen molar-refractivity contribution in [1.82, 2.24) is 5.32 Å². The van der Waals surface area contributed by atoms with Gasteiger partial charge in [0.05, 0.1) is 0 Å². The molecule has 1 heteroatoms. The van der Waals surface area contributed by atoms with Gasteiger partial charge in [-0.1, -0.05) is 71.0 Å². The van der Waals surface area contributed by atoms with E-state index in [1.54, 1.807) is 0 Å². The Balaban J connectivity index is 2.36. The zero-order valence-corrected chi connectivity index (χ0v) is 13.2. The summed E-state index contributed by atoms with van der Waals surface area (Å²) in [7, 11) is 0. The van der Waals surface area contributed by atoms with Gasteiger partial charge in [-0.25, -0.2) is 0 Å². The van der Waals surface area contributed by atoms with Crippen LogP contribution < -0.4 is 5.32 Å². The molecule has 1 nitrogen and oxygen atoms in total. The topological polar surface area (TPSA) is 12.0 Å². The highest BCUT2D eigenvalue weighted by Gasteiger charge is 2.12. The molecule has 1 N–H and O–H groups in total. The van der Waals surface area contributed by atoms with Crippen LogP contribution in [0.3, 0.4) is 0 Å². The zero-order valence-electron chi connectivity index (χ0n) is 13.2. The second kappa shape index (κ2) is 7.49. The number of rotatable bonds is 6. The van der Waals surface area contributed by atoms with Gasteiger partial charge in [0, 0.05) is 6.04 Å². The van der Waals surface area contributed by atoms with Crippen molar-refractivity contribution in [2.24, 2.45) is 0 Å². The van der Waals surface area contributed by atoms with Gasteiger partial charge in [0.2, 0.25) is 0 Å². The molecular formula is C18H29N. The lowest BCUT2D eigenvalue weighted by Gasteiger charge is -2.18. The average Bonchev–Trinajstić information content (AvgIpc) is 2.32. The second-order valence-corrected chi connectivity index (χ2v) is 6.52. The van der Waals surface area contributed by atoms with E-state index >= 15 is 0 Å². The van der Waals surface area contributed by atoms with Gasteiger partial charge in [-0.2, -0.15) is 0 Å². The van der Waals surface area contributed by atoms with Crippen LogP contribution in [0.2, 0.25) is 0 Å². The molecule has 0 aliphatic heterocycles. The molecule has 0 radical (unpaired) electrons. The Morgan fingerprint density at radius 3 is 2.21 bits per heavy atom. The van der Waals surface area contributed by atoms with Crippen LogP contribution in [0.5, 0.6) is 0 Å². The zero-order chi connectivity index (χ0) is 14.3. The molecule has 0 aliphatic rings. The summed E-state index contributed by atoms with van der Waals surface area (Å²) in [5, 5.41) is 3.42. The number of hydrogen-bond acceptors (Lipinski definition) is 1. The maximum absolute atomic E-state index is 3.42. The first-order valence-electron chi connectivity index (χ1n) is 7.37. The van der Waals surface area contributed by atoms with Crippen LogP contribution in [-0.4, -0.2) is 12.6 Å². The van der Waals surface area contributed by atoms with E-state index in [1.165, 1.54) is 11.1 Å². The molecular weight excluding hydrogens is 230 g/mol. The lowest BCUT2D eigenvalue weighted by Crippen LogP contribution is -2.23. The van der Waals surface area contributed by atoms with Crippen LogP contribution in [0.15, 0.2) is 36.4 Å². The molecule has 0 aromatic heterocycles. The molecule has 0 bridgehead atoms. The Hall–Kier alpha value is -1.08. The first kappa shape index (κ1) is 16.0. The number of nitrogens with one attached hydrogen (secondary N) is 1. The SMILES string of the molecule is CC(C)NCCC=CCc1ccc(C(C)(C)C)cc1. The van der Waals surface area contributed by atoms with Gasteiger partial charge in [-0.15, -0.1) is 0 Å². The highest BCUT2D eigenvalue weighted by Crippen LogP contribution is 2.22. The van der Waals surface area contributed by atoms with E-state index in [-0.39, 0.29) is 5.41 Å². The van der Waals surface area contributed by atoms with Gasteiger partial charge < -0.3 is 5.32 Å². The van der Waals surface area contributed by atoms with E-state index in [0.29, 0.717) is 6.04 Å². The van der Waals surface area contributed by atoms with E-state index in [4.69, 9.17) is 0 Å². The highest BCUT2D eigenvalue weighted by atomic mass is 14.9. The molecule has 1 aromatic rings. The third-order valence-corrected chi connectivity index (χ3v) is 3.20. The number of benzene rings is 1. The van der Waals surface area contributed by atoms with Crippen molar-refractivity contribution in [1.29, 1.82) is 0 Å². The quantitative estimate of drug-likeness (QED) is 0.587. The summed E-state index contributed by atoms with van der Waals surface area (Å²) < 4.78 is 0.